The molecule has 0 aliphatic carbocycles. The van der Waals surface area contributed by atoms with Gasteiger partial charge in [-0.3, -0.25) is 24.2 Å². The molecule has 3 heterocycles. The molecule has 2 aliphatic heterocycles. The molecule has 0 unspecified atom stereocenters. The van der Waals surface area contributed by atoms with Crippen molar-refractivity contribution in [3.63, 3.8) is 0 Å². The number of fused-ring (bicyclic) bond motifs is 1. The highest BCUT2D eigenvalue weighted by Gasteiger charge is 2.35. The number of thiazole rings is 1. The Bertz CT molecular complexity index is 963. The van der Waals surface area contributed by atoms with Crippen molar-refractivity contribution in [3.8, 4) is 0 Å². The van der Waals surface area contributed by atoms with E-state index in [-0.39, 0.29) is 30.7 Å². The number of carbonyl (C=O) groups excluding carboxylic acids is 3. The SMILES string of the molecule is Cc1ccc2c(c1)C(=O)N(CCC(=O)N1CCN(Cc3csc(C)n3)CC1)C2=O. The van der Waals surface area contributed by atoms with Gasteiger partial charge in [0.05, 0.1) is 21.8 Å². The van der Waals surface area contributed by atoms with Crippen LogP contribution in [0.15, 0.2) is 23.6 Å². The molecule has 3 amide bonds. The van der Waals surface area contributed by atoms with Gasteiger partial charge in [0.15, 0.2) is 0 Å². The van der Waals surface area contributed by atoms with E-state index in [4.69, 9.17) is 0 Å². The minimum Gasteiger partial charge on any atom is -0.340 e. The van der Waals surface area contributed by atoms with Crippen molar-refractivity contribution in [2.45, 2.75) is 26.8 Å². The molecule has 2 aromatic rings. The molecule has 1 aromatic heterocycles. The average molecular weight is 413 g/mol. The molecule has 1 saturated heterocycles. The molecule has 8 heteroatoms. The van der Waals surface area contributed by atoms with Crippen LogP contribution in [0.3, 0.4) is 0 Å². The summed E-state index contributed by atoms with van der Waals surface area (Å²) in [6.45, 7) is 7.74. The van der Waals surface area contributed by atoms with E-state index in [1.807, 2.05) is 24.8 Å². The smallest absolute Gasteiger partial charge is 0.261 e. The largest absolute Gasteiger partial charge is 0.340 e. The molecule has 4 rings (SSSR count). The second kappa shape index (κ2) is 8.04. The van der Waals surface area contributed by atoms with Crippen molar-refractivity contribution in [1.29, 1.82) is 0 Å². The van der Waals surface area contributed by atoms with E-state index in [9.17, 15) is 14.4 Å². The van der Waals surface area contributed by atoms with E-state index in [1.165, 1.54) is 4.90 Å². The monoisotopic (exact) mass is 412 g/mol. The van der Waals surface area contributed by atoms with Gasteiger partial charge in [0.25, 0.3) is 11.8 Å². The van der Waals surface area contributed by atoms with E-state index in [0.29, 0.717) is 24.2 Å². The number of rotatable bonds is 5. The minimum atomic E-state index is -0.304. The first kappa shape index (κ1) is 19.7. The number of aryl methyl sites for hydroxylation is 2. The van der Waals surface area contributed by atoms with E-state index in [0.717, 1.165) is 35.9 Å². The predicted octanol–water partition coefficient (Wildman–Crippen LogP) is 2.09. The van der Waals surface area contributed by atoms with Crippen LogP contribution in [-0.2, 0) is 11.3 Å². The van der Waals surface area contributed by atoms with Crippen LogP contribution in [-0.4, -0.2) is 70.1 Å². The van der Waals surface area contributed by atoms with Crippen LogP contribution in [0.1, 0.15) is 43.4 Å². The zero-order valence-corrected chi connectivity index (χ0v) is 17.5. The van der Waals surface area contributed by atoms with Crippen LogP contribution >= 0.6 is 11.3 Å². The molecule has 29 heavy (non-hydrogen) atoms. The molecule has 0 atom stereocenters. The summed E-state index contributed by atoms with van der Waals surface area (Å²) in [5, 5.41) is 3.15. The van der Waals surface area contributed by atoms with Crippen LogP contribution in [0, 0.1) is 13.8 Å². The summed E-state index contributed by atoms with van der Waals surface area (Å²) in [7, 11) is 0. The Kier molecular flexibility index (Phi) is 5.47. The summed E-state index contributed by atoms with van der Waals surface area (Å²) in [4.78, 5) is 47.5. The van der Waals surface area contributed by atoms with Gasteiger partial charge < -0.3 is 4.90 Å². The molecular weight excluding hydrogens is 388 g/mol. The number of carbonyl (C=O) groups is 3. The van der Waals surface area contributed by atoms with Gasteiger partial charge in [-0.15, -0.1) is 11.3 Å². The van der Waals surface area contributed by atoms with Gasteiger partial charge in [0.1, 0.15) is 0 Å². The number of nitrogens with zero attached hydrogens (tertiary/aromatic N) is 4. The maximum atomic E-state index is 12.6. The number of benzene rings is 1. The number of amides is 3. The summed E-state index contributed by atoms with van der Waals surface area (Å²) in [5.41, 5.74) is 2.88. The summed E-state index contributed by atoms with van der Waals surface area (Å²) in [6.07, 6.45) is 0.162. The third kappa shape index (κ3) is 4.09. The zero-order valence-electron chi connectivity index (χ0n) is 16.7. The standard InChI is InChI=1S/C21H24N4O3S/c1-14-3-4-17-18(11-14)21(28)25(20(17)27)6-5-19(26)24-9-7-23(8-10-24)12-16-13-29-15(2)22-16/h3-4,11,13H,5-10,12H2,1-2H3. The van der Waals surface area contributed by atoms with Crippen LogP contribution in [0.4, 0.5) is 0 Å². The highest BCUT2D eigenvalue weighted by Crippen LogP contribution is 2.24. The maximum absolute atomic E-state index is 12.6. The molecule has 2 aliphatic rings. The predicted molar refractivity (Wildman–Crippen MR) is 110 cm³/mol. The lowest BCUT2D eigenvalue weighted by atomic mass is 10.1. The van der Waals surface area contributed by atoms with Gasteiger partial charge in [-0.1, -0.05) is 11.6 Å². The van der Waals surface area contributed by atoms with Gasteiger partial charge in [-0.05, 0) is 26.0 Å². The second-order valence-corrected chi connectivity index (χ2v) is 8.64. The lowest BCUT2D eigenvalue weighted by Gasteiger charge is -2.34. The Morgan fingerprint density at radius 2 is 1.79 bits per heavy atom. The lowest BCUT2D eigenvalue weighted by Crippen LogP contribution is -2.49. The number of aromatic nitrogens is 1. The summed E-state index contributed by atoms with van der Waals surface area (Å²) < 4.78 is 0. The molecule has 0 saturated carbocycles. The molecule has 0 N–H and O–H groups in total. The van der Waals surface area contributed by atoms with E-state index < -0.39 is 0 Å². The zero-order chi connectivity index (χ0) is 20.5. The Labute approximate surface area is 173 Å². The van der Waals surface area contributed by atoms with E-state index in [1.54, 1.807) is 23.5 Å². The van der Waals surface area contributed by atoms with E-state index in [2.05, 4.69) is 15.3 Å². The Balaban J connectivity index is 1.27. The third-order valence-corrected chi connectivity index (χ3v) is 6.27. The number of hydrogen-bond acceptors (Lipinski definition) is 6. The van der Waals surface area contributed by atoms with Crippen molar-refractivity contribution in [3.05, 3.63) is 51.0 Å². The molecule has 152 valence electrons. The lowest BCUT2D eigenvalue weighted by molar-refractivity contribution is -0.133. The van der Waals surface area contributed by atoms with Gasteiger partial charge >= 0.3 is 0 Å². The van der Waals surface area contributed by atoms with Gasteiger partial charge in [0.2, 0.25) is 5.91 Å². The second-order valence-electron chi connectivity index (χ2n) is 7.58. The molecular formula is C21H24N4O3S. The summed E-state index contributed by atoms with van der Waals surface area (Å²) >= 11 is 1.65. The van der Waals surface area contributed by atoms with Crippen molar-refractivity contribution in [2.75, 3.05) is 32.7 Å². The fourth-order valence-electron chi connectivity index (χ4n) is 3.84. The van der Waals surface area contributed by atoms with Crippen LogP contribution in [0.5, 0.6) is 0 Å². The van der Waals surface area contributed by atoms with Crippen molar-refractivity contribution in [1.82, 2.24) is 19.7 Å². The Hall–Kier alpha value is -2.58. The number of hydrogen-bond donors (Lipinski definition) is 0. The fraction of sp³-hybridized carbons (Fsp3) is 0.429. The van der Waals surface area contributed by atoms with Gasteiger partial charge in [-0.2, -0.15) is 0 Å². The molecule has 1 aromatic carbocycles. The van der Waals surface area contributed by atoms with Crippen molar-refractivity contribution in [2.24, 2.45) is 0 Å². The minimum absolute atomic E-state index is 0.0121. The molecule has 0 radical (unpaired) electrons. The maximum Gasteiger partial charge on any atom is 0.261 e. The molecule has 7 nitrogen and oxygen atoms in total. The molecule has 0 spiro atoms. The van der Waals surface area contributed by atoms with Crippen LogP contribution in [0.2, 0.25) is 0 Å². The normalized spacial score (nSPS) is 17.2. The van der Waals surface area contributed by atoms with Crippen molar-refractivity contribution < 1.29 is 14.4 Å². The number of imide groups is 1. The van der Waals surface area contributed by atoms with E-state index >= 15 is 0 Å². The highest BCUT2D eigenvalue weighted by atomic mass is 32.1. The highest BCUT2D eigenvalue weighted by molar-refractivity contribution is 7.09. The van der Waals surface area contributed by atoms with Gasteiger partial charge in [0, 0.05) is 51.1 Å². The van der Waals surface area contributed by atoms with Crippen molar-refractivity contribution >= 4 is 29.1 Å². The Morgan fingerprint density at radius 1 is 1.07 bits per heavy atom. The first-order valence-corrected chi connectivity index (χ1v) is 10.7. The molecule has 0 bridgehead atoms. The third-order valence-electron chi connectivity index (χ3n) is 5.45. The quantitative estimate of drug-likeness (QED) is 0.703. The summed E-state index contributed by atoms with van der Waals surface area (Å²) in [5.74, 6) is -0.618. The molecule has 1 fully saturated rings. The number of piperazine rings is 1. The van der Waals surface area contributed by atoms with Crippen LogP contribution < -0.4 is 0 Å². The van der Waals surface area contributed by atoms with Gasteiger partial charge in [-0.25, -0.2) is 4.98 Å². The Morgan fingerprint density at radius 3 is 2.48 bits per heavy atom. The topological polar surface area (TPSA) is 73.8 Å². The summed E-state index contributed by atoms with van der Waals surface area (Å²) in [6, 6.07) is 5.25. The first-order chi connectivity index (χ1) is 13.9. The fourth-order valence-corrected chi connectivity index (χ4v) is 4.44. The average Bonchev–Trinajstić information content (AvgIpc) is 3.21. The first-order valence-electron chi connectivity index (χ1n) is 9.80. The van der Waals surface area contributed by atoms with Crippen LogP contribution in [0.25, 0.3) is 0 Å².